The Morgan fingerprint density at radius 2 is 1.91 bits per heavy atom. The fourth-order valence-corrected chi connectivity index (χ4v) is 4.92. The molecular formula is C25H31N5O3. The summed E-state index contributed by atoms with van der Waals surface area (Å²) in [7, 11) is 1.64. The van der Waals surface area contributed by atoms with Gasteiger partial charge >= 0.3 is 0 Å². The van der Waals surface area contributed by atoms with E-state index in [-0.39, 0.29) is 17.7 Å². The van der Waals surface area contributed by atoms with Crippen molar-refractivity contribution in [1.29, 1.82) is 0 Å². The van der Waals surface area contributed by atoms with Crippen molar-refractivity contribution >= 4 is 17.6 Å². The van der Waals surface area contributed by atoms with Crippen molar-refractivity contribution in [3.63, 3.8) is 0 Å². The molecule has 3 aliphatic rings. The highest BCUT2D eigenvalue weighted by atomic mass is 16.5. The van der Waals surface area contributed by atoms with Gasteiger partial charge in [0.2, 0.25) is 11.8 Å². The van der Waals surface area contributed by atoms with Crippen LogP contribution in [0.3, 0.4) is 0 Å². The second-order valence-electron chi connectivity index (χ2n) is 9.28. The molecule has 5 rings (SSSR count). The number of anilines is 1. The van der Waals surface area contributed by atoms with Crippen molar-refractivity contribution in [1.82, 2.24) is 19.8 Å². The van der Waals surface area contributed by atoms with Gasteiger partial charge in [0.05, 0.1) is 26.6 Å². The van der Waals surface area contributed by atoms with Gasteiger partial charge in [-0.25, -0.2) is 9.97 Å². The second kappa shape index (κ2) is 9.09. The topological polar surface area (TPSA) is 78.9 Å². The number of benzene rings is 1. The molecule has 2 amide bonds. The van der Waals surface area contributed by atoms with Crippen LogP contribution in [0.4, 0.5) is 5.82 Å². The highest BCUT2D eigenvalue weighted by Gasteiger charge is 2.34. The summed E-state index contributed by atoms with van der Waals surface area (Å²) in [6.07, 6.45) is 3.48. The molecule has 1 aromatic carbocycles. The Morgan fingerprint density at radius 1 is 1.12 bits per heavy atom. The lowest BCUT2D eigenvalue weighted by molar-refractivity contribution is -0.136. The standard InChI is InChI=1S/C25H31N5O3/c1-17-21-13-22(31)30(14-18-6-8-20(33-2)9-7-18)25(21)27-24(26-17)19-5-3-10-28(15-19)16-23(32)29-11-4-12-29/h6-9,19H,3-5,10-16H2,1-2H3/t19-/m1/s1. The Labute approximate surface area is 194 Å². The van der Waals surface area contributed by atoms with E-state index in [2.05, 4.69) is 4.90 Å². The van der Waals surface area contributed by atoms with Crippen molar-refractivity contribution in [2.24, 2.45) is 0 Å². The number of carbonyl (C=O) groups is 2. The predicted molar refractivity (Wildman–Crippen MR) is 124 cm³/mol. The van der Waals surface area contributed by atoms with Crippen molar-refractivity contribution in [3.8, 4) is 5.75 Å². The molecule has 33 heavy (non-hydrogen) atoms. The monoisotopic (exact) mass is 449 g/mol. The number of hydrogen-bond donors (Lipinski definition) is 0. The molecular weight excluding hydrogens is 418 g/mol. The number of amides is 2. The molecule has 174 valence electrons. The number of fused-ring (bicyclic) bond motifs is 1. The van der Waals surface area contributed by atoms with Crippen LogP contribution in [0.25, 0.3) is 0 Å². The van der Waals surface area contributed by atoms with Gasteiger partial charge in [-0.3, -0.25) is 19.4 Å². The van der Waals surface area contributed by atoms with Gasteiger partial charge in [0.1, 0.15) is 17.4 Å². The number of aryl methyl sites for hydroxylation is 1. The molecule has 0 radical (unpaired) electrons. The summed E-state index contributed by atoms with van der Waals surface area (Å²) in [5, 5.41) is 0. The average molecular weight is 450 g/mol. The first kappa shape index (κ1) is 21.8. The van der Waals surface area contributed by atoms with Crippen LogP contribution in [0.2, 0.25) is 0 Å². The van der Waals surface area contributed by atoms with Crippen molar-refractivity contribution in [2.75, 3.05) is 44.7 Å². The lowest BCUT2D eigenvalue weighted by Gasteiger charge is -2.36. The molecule has 0 N–H and O–H groups in total. The van der Waals surface area contributed by atoms with Crippen LogP contribution in [-0.2, 0) is 22.6 Å². The number of nitrogens with zero attached hydrogens (tertiary/aromatic N) is 5. The van der Waals surface area contributed by atoms with Crippen molar-refractivity contribution in [3.05, 3.63) is 46.9 Å². The molecule has 0 bridgehead atoms. The van der Waals surface area contributed by atoms with Crippen LogP contribution in [0.1, 0.15) is 47.8 Å². The van der Waals surface area contributed by atoms with E-state index in [1.54, 1.807) is 12.0 Å². The number of aromatic nitrogens is 2. The summed E-state index contributed by atoms with van der Waals surface area (Å²) in [6, 6.07) is 7.78. The van der Waals surface area contributed by atoms with E-state index in [1.807, 2.05) is 36.1 Å². The van der Waals surface area contributed by atoms with Crippen LogP contribution >= 0.6 is 0 Å². The van der Waals surface area contributed by atoms with Crippen molar-refractivity contribution < 1.29 is 14.3 Å². The first-order valence-electron chi connectivity index (χ1n) is 11.8. The minimum Gasteiger partial charge on any atom is -0.497 e. The first-order chi connectivity index (χ1) is 16.0. The summed E-state index contributed by atoms with van der Waals surface area (Å²) in [5.74, 6) is 2.78. The van der Waals surface area contributed by atoms with Crippen molar-refractivity contribution in [2.45, 2.75) is 45.1 Å². The third-order valence-electron chi connectivity index (χ3n) is 7.03. The molecule has 0 aliphatic carbocycles. The maximum absolute atomic E-state index is 12.9. The molecule has 3 aliphatic heterocycles. The molecule has 0 saturated carbocycles. The van der Waals surface area contributed by atoms with E-state index >= 15 is 0 Å². The van der Waals surface area contributed by atoms with Gasteiger partial charge in [0.15, 0.2) is 0 Å². The zero-order chi connectivity index (χ0) is 22.9. The van der Waals surface area contributed by atoms with Gasteiger partial charge in [-0.2, -0.15) is 0 Å². The van der Waals surface area contributed by atoms with Crippen LogP contribution in [0.5, 0.6) is 5.75 Å². The van der Waals surface area contributed by atoms with Gasteiger partial charge in [0.25, 0.3) is 0 Å². The number of hydrogen-bond acceptors (Lipinski definition) is 6. The Morgan fingerprint density at radius 3 is 2.61 bits per heavy atom. The lowest BCUT2D eigenvalue weighted by atomic mass is 9.96. The Kier molecular flexibility index (Phi) is 6.01. The van der Waals surface area contributed by atoms with Crippen LogP contribution in [0, 0.1) is 6.92 Å². The molecule has 0 spiro atoms. The molecule has 2 fully saturated rings. The molecule has 8 nitrogen and oxygen atoms in total. The van der Waals surface area contributed by atoms with Gasteiger partial charge in [0, 0.05) is 36.8 Å². The second-order valence-corrected chi connectivity index (χ2v) is 9.28. The van der Waals surface area contributed by atoms with Crippen LogP contribution in [-0.4, -0.2) is 71.4 Å². The predicted octanol–water partition coefficient (Wildman–Crippen LogP) is 2.29. The zero-order valence-electron chi connectivity index (χ0n) is 19.4. The zero-order valence-corrected chi connectivity index (χ0v) is 19.4. The van der Waals surface area contributed by atoms with E-state index in [9.17, 15) is 9.59 Å². The molecule has 4 heterocycles. The fraction of sp³-hybridized carbons (Fsp3) is 0.520. The Balaban J connectivity index is 1.34. The third kappa shape index (κ3) is 4.44. The summed E-state index contributed by atoms with van der Waals surface area (Å²) in [5.41, 5.74) is 2.84. The van der Waals surface area contributed by atoms with Gasteiger partial charge in [-0.15, -0.1) is 0 Å². The molecule has 1 aromatic heterocycles. The quantitative estimate of drug-likeness (QED) is 0.673. The molecule has 2 aromatic rings. The summed E-state index contributed by atoms with van der Waals surface area (Å²) < 4.78 is 5.24. The third-order valence-corrected chi connectivity index (χ3v) is 7.03. The number of methoxy groups -OCH3 is 1. The average Bonchev–Trinajstić information content (AvgIpc) is 3.09. The molecule has 0 unspecified atom stereocenters. The largest absolute Gasteiger partial charge is 0.497 e. The highest BCUT2D eigenvalue weighted by molar-refractivity contribution is 6.00. The van der Waals surface area contributed by atoms with Gasteiger partial charge in [-0.05, 0) is 50.4 Å². The number of likely N-dealkylation sites (tertiary alicyclic amines) is 2. The van der Waals surface area contributed by atoms with Gasteiger partial charge in [-0.1, -0.05) is 12.1 Å². The minimum absolute atomic E-state index is 0.0563. The fourth-order valence-electron chi connectivity index (χ4n) is 4.92. The highest BCUT2D eigenvalue weighted by Crippen LogP contribution is 2.33. The number of ether oxygens (including phenoxy) is 1. The number of carbonyl (C=O) groups excluding carboxylic acids is 2. The summed E-state index contributed by atoms with van der Waals surface area (Å²) >= 11 is 0. The SMILES string of the molecule is COc1ccc(CN2C(=O)Cc3c(C)nc([C@@H]4CCCN(CC(=O)N5CCC5)C4)nc32)cc1. The maximum Gasteiger partial charge on any atom is 0.236 e. The minimum atomic E-state index is 0.0563. The van der Waals surface area contributed by atoms with E-state index in [1.165, 1.54) is 0 Å². The Hall–Kier alpha value is -3.00. The first-order valence-corrected chi connectivity index (χ1v) is 11.8. The smallest absolute Gasteiger partial charge is 0.236 e. The van der Waals surface area contributed by atoms with Crippen LogP contribution < -0.4 is 9.64 Å². The van der Waals surface area contributed by atoms with Gasteiger partial charge < -0.3 is 9.64 Å². The number of rotatable bonds is 6. The lowest BCUT2D eigenvalue weighted by Crippen LogP contribution is -2.48. The molecule has 8 heteroatoms. The summed E-state index contributed by atoms with van der Waals surface area (Å²) in [4.78, 5) is 41.0. The van der Waals surface area contributed by atoms with E-state index in [0.29, 0.717) is 19.5 Å². The summed E-state index contributed by atoms with van der Waals surface area (Å²) in [6.45, 7) is 6.42. The van der Waals surface area contributed by atoms with E-state index in [0.717, 1.165) is 79.7 Å². The van der Waals surface area contributed by atoms with E-state index < -0.39 is 0 Å². The Bertz CT molecular complexity index is 1050. The number of piperidine rings is 1. The molecule has 1 atom stereocenters. The van der Waals surface area contributed by atoms with Crippen LogP contribution in [0.15, 0.2) is 24.3 Å². The van der Waals surface area contributed by atoms with E-state index in [4.69, 9.17) is 14.7 Å². The normalized spacial score (nSPS) is 20.5. The maximum atomic E-state index is 12.9. The molecule has 2 saturated heterocycles.